The van der Waals surface area contributed by atoms with E-state index >= 15 is 0 Å². The van der Waals surface area contributed by atoms with E-state index in [0.717, 1.165) is 3.57 Å². The molecule has 0 spiro atoms. The zero-order valence-corrected chi connectivity index (χ0v) is 8.84. The van der Waals surface area contributed by atoms with Crippen LogP contribution in [0.4, 0.5) is 4.39 Å². The molecule has 0 amide bonds. The summed E-state index contributed by atoms with van der Waals surface area (Å²) < 4.78 is 14.3. The Morgan fingerprint density at radius 2 is 2.33 bits per heavy atom. The van der Waals surface area contributed by atoms with Crippen LogP contribution < -0.4 is 5.56 Å². The quantitative estimate of drug-likeness (QED) is 0.757. The summed E-state index contributed by atoms with van der Waals surface area (Å²) in [7, 11) is 0. The number of rotatable bonds is 2. The van der Waals surface area contributed by atoms with E-state index in [1.54, 1.807) is 19.2 Å². The molecule has 0 aromatic carbocycles. The van der Waals surface area contributed by atoms with Gasteiger partial charge in [0.2, 0.25) is 0 Å². The van der Waals surface area contributed by atoms with Crippen molar-refractivity contribution in [3.63, 3.8) is 0 Å². The lowest BCUT2D eigenvalue weighted by Crippen LogP contribution is -2.22. The van der Waals surface area contributed by atoms with Crippen molar-refractivity contribution in [3.8, 4) is 0 Å². The standard InChI is InChI=1S/C8H9FINO/c1-6-4-7(10)5-11(3-2-9)8(6)12/h4-5H,2-3H2,1H3. The van der Waals surface area contributed by atoms with Crippen LogP contribution in [0.15, 0.2) is 17.1 Å². The molecular formula is C8H9FINO. The van der Waals surface area contributed by atoms with Gasteiger partial charge in [0.05, 0.1) is 6.54 Å². The Labute approximate surface area is 83.5 Å². The van der Waals surface area contributed by atoms with Crippen LogP contribution in [-0.2, 0) is 6.54 Å². The van der Waals surface area contributed by atoms with E-state index in [2.05, 4.69) is 22.6 Å². The molecule has 0 atom stereocenters. The fourth-order valence-corrected chi connectivity index (χ4v) is 1.80. The highest BCUT2D eigenvalue weighted by Gasteiger charge is 2.00. The lowest BCUT2D eigenvalue weighted by atomic mass is 10.3. The van der Waals surface area contributed by atoms with Gasteiger partial charge in [0.15, 0.2) is 0 Å². The van der Waals surface area contributed by atoms with E-state index in [0.29, 0.717) is 5.56 Å². The summed E-state index contributed by atoms with van der Waals surface area (Å²) in [6, 6.07) is 1.79. The highest BCUT2D eigenvalue weighted by molar-refractivity contribution is 14.1. The second kappa shape index (κ2) is 4.02. The molecule has 1 aromatic heterocycles. The van der Waals surface area contributed by atoms with E-state index in [9.17, 15) is 9.18 Å². The summed E-state index contributed by atoms with van der Waals surface area (Å²) in [5, 5.41) is 0. The van der Waals surface area contributed by atoms with Crippen molar-refractivity contribution >= 4 is 22.6 Å². The van der Waals surface area contributed by atoms with Crippen LogP contribution in [0.3, 0.4) is 0 Å². The predicted octanol–water partition coefficient (Wildman–Crippen LogP) is 1.73. The molecular weight excluding hydrogens is 272 g/mol. The molecule has 4 heteroatoms. The Kier molecular flexibility index (Phi) is 3.25. The lowest BCUT2D eigenvalue weighted by molar-refractivity contribution is 0.439. The lowest BCUT2D eigenvalue weighted by Gasteiger charge is -2.04. The number of halogens is 2. The fraction of sp³-hybridized carbons (Fsp3) is 0.375. The maximum Gasteiger partial charge on any atom is 0.253 e. The zero-order chi connectivity index (χ0) is 9.14. The van der Waals surface area contributed by atoms with Gasteiger partial charge in [-0.2, -0.15) is 0 Å². The molecule has 2 nitrogen and oxygen atoms in total. The van der Waals surface area contributed by atoms with Crippen LogP contribution in [0, 0.1) is 10.5 Å². The zero-order valence-electron chi connectivity index (χ0n) is 6.68. The molecule has 0 N–H and O–H groups in total. The number of alkyl halides is 1. The number of hydrogen-bond donors (Lipinski definition) is 0. The van der Waals surface area contributed by atoms with Crippen molar-refractivity contribution in [2.24, 2.45) is 0 Å². The van der Waals surface area contributed by atoms with Crippen LogP contribution in [0.1, 0.15) is 5.56 Å². The molecule has 0 aliphatic heterocycles. The third-order valence-corrected chi connectivity index (χ3v) is 2.15. The second-order valence-corrected chi connectivity index (χ2v) is 3.77. The Bertz CT molecular complexity index is 334. The maximum absolute atomic E-state index is 12.0. The highest BCUT2D eigenvalue weighted by Crippen LogP contribution is 2.02. The minimum atomic E-state index is -0.501. The largest absolute Gasteiger partial charge is 0.312 e. The van der Waals surface area contributed by atoms with E-state index in [1.165, 1.54) is 4.57 Å². The van der Waals surface area contributed by atoms with Crippen LogP contribution in [0.5, 0.6) is 0 Å². The van der Waals surface area contributed by atoms with E-state index in [1.807, 2.05) is 0 Å². The summed E-state index contributed by atoms with van der Waals surface area (Å²) >= 11 is 2.11. The molecule has 12 heavy (non-hydrogen) atoms. The second-order valence-electron chi connectivity index (χ2n) is 2.53. The maximum atomic E-state index is 12.0. The SMILES string of the molecule is Cc1cc(I)cn(CCF)c1=O. The molecule has 1 heterocycles. The Morgan fingerprint density at radius 1 is 1.67 bits per heavy atom. The Hall–Kier alpha value is -0.390. The van der Waals surface area contributed by atoms with Crippen molar-refractivity contribution in [2.75, 3.05) is 6.67 Å². The minimum absolute atomic E-state index is 0.104. The monoisotopic (exact) mass is 281 g/mol. The first kappa shape index (κ1) is 9.70. The van der Waals surface area contributed by atoms with Gasteiger partial charge >= 0.3 is 0 Å². The third-order valence-electron chi connectivity index (χ3n) is 1.56. The average Bonchev–Trinajstić information content (AvgIpc) is 2.00. The first-order valence-corrected chi connectivity index (χ1v) is 4.65. The van der Waals surface area contributed by atoms with Gasteiger partial charge in [-0.25, -0.2) is 4.39 Å². The van der Waals surface area contributed by atoms with Gasteiger partial charge in [-0.3, -0.25) is 4.79 Å². The van der Waals surface area contributed by atoms with Gasteiger partial charge in [-0.15, -0.1) is 0 Å². The van der Waals surface area contributed by atoms with Gasteiger partial charge in [-0.05, 0) is 35.6 Å². The number of nitrogens with zero attached hydrogens (tertiary/aromatic N) is 1. The van der Waals surface area contributed by atoms with Gasteiger partial charge in [0.25, 0.3) is 5.56 Å². The van der Waals surface area contributed by atoms with Crippen LogP contribution in [0.2, 0.25) is 0 Å². The number of aromatic nitrogens is 1. The van der Waals surface area contributed by atoms with Crippen LogP contribution in [0.25, 0.3) is 0 Å². The molecule has 0 bridgehead atoms. The van der Waals surface area contributed by atoms with Crippen molar-refractivity contribution in [1.82, 2.24) is 4.57 Å². The summed E-state index contributed by atoms with van der Waals surface area (Å²) in [6.45, 7) is 1.38. The van der Waals surface area contributed by atoms with Crippen molar-refractivity contribution in [3.05, 3.63) is 31.8 Å². The number of pyridine rings is 1. The Morgan fingerprint density at radius 3 is 2.92 bits per heavy atom. The summed E-state index contributed by atoms with van der Waals surface area (Å²) in [4.78, 5) is 11.3. The van der Waals surface area contributed by atoms with Crippen molar-refractivity contribution < 1.29 is 4.39 Å². The van der Waals surface area contributed by atoms with Gasteiger partial charge in [-0.1, -0.05) is 0 Å². The van der Waals surface area contributed by atoms with Crippen LogP contribution >= 0.6 is 22.6 Å². The third kappa shape index (κ3) is 2.06. The van der Waals surface area contributed by atoms with Gasteiger partial charge in [0.1, 0.15) is 6.67 Å². The van der Waals surface area contributed by atoms with Crippen LogP contribution in [-0.4, -0.2) is 11.2 Å². The predicted molar refractivity (Wildman–Crippen MR) is 54.1 cm³/mol. The van der Waals surface area contributed by atoms with Crippen molar-refractivity contribution in [1.29, 1.82) is 0 Å². The first-order chi connectivity index (χ1) is 5.65. The topological polar surface area (TPSA) is 22.0 Å². The number of hydrogen-bond acceptors (Lipinski definition) is 1. The van der Waals surface area contributed by atoms with Gasteiger partial charge in [0, 0.05) is 15.3 Å². The summed E-state index contributed by atoms with van der Waals surface area (Å²) in [6.07, 6.45) is 1.66. The molecule has 0 aliphatic carbocycles. The molecule has 0 saturated heterocycles. The highest BCUT2D eigenvalue weighted by atomic mass is 127. The van der Waals surface area contributed by atoms with E-state index < -0.39 is 6.67 Å². The normalized spacial score (nSPS) is 10.2. The van der Waals surface area contributed by atoms with E-state index in [-0.39, 0.29) is 12.1 Å². The molecule has 0 unspecified atom stereocenters. The average molecular weight is 281 g/mol. The molecule has 0 aliphatic rings. The molecule has 66 valence electrons. The molecule has 0 saturated carbocycles. The smallest absolute Gasteiger partial charge is 0.253 e. The van der Waals surface area contributed by atoms with Crippen molar-refractivity contribution in [2.45, 2.75) is 13.5 Å². The molecule has 0 radical (unpaired) electrons. The molecule has 1 aromatic rings. The molecule has 0 fully saturated rings. The molecule has 1 rings (SSSR count). The van der Waals surface area contributed by atoms with Gasteiger partial charge < -0.3 is 4.57 Å². The Balaban J connectivity index is 3.19. The number of aryl methyl sites for hydroxylation is 2. The summed E-state index contributed by atoms with van der Waals surface area (Å²) in [5.41, 5.74) is 0.559. The van der Waals surface area contributed by atoms with E-state index in [4.69, 9.17) is 0 Å². The fourth-order valence-electron chi connectivity index (χ4n) is 0.997. The first-order valence-electron chi connectivity index (χ1n) is 3.57. The summed E-state index contributed by atoms with van der Waals surface area (Å²) in [5.74, 6) is 0. The minimum Gasteiger partial charge on any atom is -0.312 e.